The minimum atomic E-state index is -0.824. The summed E-state index contributed by atoms with van der Waals surface area (Å²) < 4.78 is 5.37. The fourth-order valence-corrected chi connectivity index (χ4v) is 1.41. The number of hydrogen-bond acceptors (Lipinski definition) is 3. The summed E-state index contributed by atoms with van der Waals surface area (Å²) in [5.41, 5.74) is -0.824. The number of rotatable bonds is 8. The van der Waals surface area contributed by atoms with Crippen LogP contribution in [0.4, 0.5) is 0 Å². The fraction of sp³-hybridized carbons (Fsp3) is 0.909. The third-order valence-corrected chi connectivity index (χ3v) is 2.31. The Morgan fingerprint density at radius 2 is 2.13 bits per heavy atom. The van der Waals surface area contributed by atoms with E-state index in [1.54, 1.807) is 6.92 Å². The van der Waals surface area contributed by atoms with E-state index in [4.69, 9.17) is 9.84 Å². The summed E-state index contributed by atoms with van der Waals surface area (Å²) in [6.45, 7) is 8.85. The van der Waals surface area contributed by atoms with Crippen molar-refractivity contribution in [1.82, 2.24) is 5.32 Å². The highest BCUT2D eigenvalue weighted by Gasteiger charge is 2.31. The zero-order valence-corrected chi connectivity index (χ0v) is 10.2. The Hall–Kier alpha value is -0.610. The van der Waals surface area contributed by atoms with Gasteiger partial charge in [-0.25, -0.2) is 0 Å². The lowest BCUT2D eigenvalue weighted by Gasteiger charge is -2.25. The van der Waals surface area contributed by atoms with E-state index in [-0.39, 0.29) is 6.10 Å². The number of aliphatic carboxylic acids is 1. The van der Waals surface area contributed by atoms with Crippen molar-refractivity contribution < 1.29 is 14.6 Å². The molecular weight excluding hydrogens is 194 g/mol. The first kappa shape index (κ1) is 14.4. The second-order valence-electron chi connectivity index (χ2n) is 4.19. The molecule has 1 unspecified atom stereocenters. The average Bonchev–Trinajstić information content (AvgIpc) is 2.12. The van der Waals surface area contributed by atoms with Crippen LogP contribution in [0.5, 0.6) is 0 Å². The van der Waals surface area contributed by atoms with Gasteiger partial charge in [0.1, 0.15) is 5.54 Å². The summed E-state index contributed by atoms with van der Waals surface area (Å²) in [4.78, 5) is 11.0. The average molecular weight is 217 g/mol. The molecule has 4 nitrogen and oxygen atoms in total. The maximum absolute atomic E-state index is 11.0. The molecule has 0 aliphatic carbocycles. The van der Waals surface area contributed by atoms with E-state index in [0.29, 0.717) is 19.6 Å². The molecule has 15 heavy (non-hydrogen) atoms. The second-order valence-corrected chi connectivity index (χ2v) is 4.19. The fourth-order valence-electron chi connectivity index (χ4n) is 1.41. The third kappa shape index (κ3) is 5.74. The number of nitrogens with one attached hydrogen (secondary N) is 1. The first-order chi connectivity index (χ1) is 6.92. The predicted molar refractivity (Wildman–Crippen MR) is 60.0 cm³/mol. The maximum atomic E-state index is 11.0. The van der Waals surface area contributed by atoms with Crippen LogP contribution in [0, 0.1) is 0 Å². The summed E-state index contributed by atoms with van der Waals surface area (Å²) in [7, 11) is 0. The van der Waals surface area contributed by atoms with Gasteiger partial charge in [0, 0.05) is 6.61 Å². The lowest BCUT2D eigenvalue weighted by atomic mass is 9.96. The van der Waals surface area contributed by atoms with E-state index in [1.165, 1.54) is 0 Å². The van der Waals surface area contributed by atoms with E-state index in [0.717, 1.165) is 6.42 Å². The van der Waals surface area contributed by atoms with E-state index in [9.17, 15) is 4.79 Å². The third-order valence-electron chi connectivity index (χ3n) is 2.31. The molecule has 0 radical (unpaired) electrons. The minimum absolute atomic E-state index is 0.209. The van der Waals surface area contributed by atoms with Gasteiger partial charge in [0.2, 0.25) is 0 Å². The lowest BCUT2D eigenvalue weighted by molar-refractivity contribution is -0.144. The number of likely N-dealkylation sites (N-methyl/N-ethyl adjacent to an activating group) is 1. The Kier molecular flexibility index (Phi) is 6.52. The van der Waals surface area contributed by atoms with Gasteiger partial charge >= 0.3 is 5.97 Å². The molecule has 0 aliphatic heterocycles. The normalized spacial score (nSPS) is 15.3. The van der Waals surface area contributed by atoms with Crippen LogP contribution in [-0.4, -0.2) is 35.9 Å². The molecule has 0 saturated carbocycles. The van der Waals surface area contributed by atoms with Crippen LogP contribution in [0.25, 0.3) is 0 Å². The smallest absolute Gasteiger partial charge is 0.323 e. The van der Waals surface area contributed by atoms with Crippen molar-refractivity contribution in [3.63, 3.8) is 0 Å². The molecule has 0 aromatic rings. The standard InChI is InChI=1S/C11H23NO3/c1-5-12-11(4,10(13)14)7-6-8-15-9(2)3/h9,12H,5-8H2,1-4H3,(H,13,14). The number of hydrogen-bond donors (Lipinski definition) is 2. The highest BCUT2D eigenvalue weighted by atomic mass is 16.5. The van der Waals surface area contributed by atoms with Gasteiger partial charge in [-0.15, -0.1) is 0 Å². The Morgan fingerprint density at radius 1 is 1.53 bits per heavy atom. The molecule has 90 valence electrons. The number of carboxylic acid groups (broad SMARTS) is 1. The highest BCUT2D eigenvalue weighted by molar-refractivity contribution is 5.78. The molecule has 0 aliphatic rings. The van der Waals surface area contributed by atoms with Crippen molar-refractivity contribution in [1.29, 1.82) is 0 Å². The van der Waals surface area contributed by atoms with Gasteiger partial charge in [-0.3, -0.25) is 4.79 Å². The van der Waals surface area contributed by atoms with Crippen LogP contribution in [0.2, 0.25) is 0 Å². The van der Waals surface area contributed by atoms with E-state index in [1.807, 2.05) is 20.8 Å². The van der Waals surface area contributed by atoms with Crippen LogP contribution < -0.4 is 5.32 Å². The molecule has 0 fully saturated rings. The zero-order valence-electron chi connectivity index (χ0n) is 10.2. The molecule has 0 aromatic heterocycles. The van der Waals surface area contributed by atoms with Crippen LogP contribution in [0.3, 0.4) is 0 Å². The first-order valence-electron chi connectivity index (χ1n) is 5.52. The molecule has 4 heteroatoms. The van der Waals surface area contributed by atoms with Gasteiger partial charge in [-0.1, -0.05) is 6.92 Å². The summed E-state index contributed by atoms with van der Waals surface area (Å²) in [5.74, 6) is -0.797. The molecule has 0 bridgehead atoms. The van der Waals surface area contributed by atoms with Gasteiger partial charge < -0.3 is 15.2 Å². The Balaban J connectivity index is 3.92. The molecule has 1 atom stereocenters. The van der Waals surface area contributed by atoms with E-state index in [2.05, 4.69) is 5.32 Å². The zero-order chi connectivity index (χ0) is 11.9. The number of carboxylic acids is 1. The van der Waals surface area contributed by atoms with Gasteiger partial charge in [-0.2, -0.15) is 0 Å². The van der Waals surface area contributed by atoms with Crippen molar-refractivity contribution in [3.05, 3.63) is 0 Å². The molecule has 0 amide bonds. The second kappa shape index (κ2) is 6.80. The van der Waals surface area contributed by atoms with Gasteiger partial charge in [0.15, 0.2) is 0 Å². The van der Waals surface area contributed by atoms with Gasteiger partial charge in [0.25, 0.3) is 0 Å². The Bertz CT molecular complexity index is 194. The quantitative estimate of drug-likeness (QED) is 0.607. The Labute approximate surface area is 92.0 Å². The van der Waals surface area contributed by atoms with Crippen molar-refractivity contribution in [2.45, 2.75) is 52.2 Å². The summed E-state index contributed by atoms with van der Waals surface area (Å²) >= 11 is 0. The Morgan fingerprint density at radius 3 is 2.53 bits per heavy atom. The first-order valence-corrected chi connectivity index (χ1v) is 5.52. The van der Waals surface area contributed by atoms with Gasteiger partial charge in [0.05, 0.1) is 6.10 Å². The van der Waals surface area contributed by atoms with Crippen molar-refractivity contribution in [2.24, 2.45) is 0 Å². The van der Waals surface area contributed by atoms with Crippen LogP contribution in [0.1, 0.15) is 40.5 Å². The summed E-state index contributed by atoms with van der Waals surface area (Å²) in [6, 6.07) is 0. The molecule has 0 aromatic carbocycles. The monoisotopic (exact) mass is 217 g/mol. The molecule has 0 rings (SSSR count). The molecule has 0 saturated heterocycles. The van der Waals surface area contributed by atoms with Crippen LogP contribution in [-0.2, 0) is 9.53 Å². The predicted octanol–water partition coefficient (Wildman–Crippen LogP) is 1.64. The minimum Gasteiger partial charge on any atom is -0.480 e. The van der Waals surface area contributed by atoms with Crippen LogP contribution >= 0.6 is 0 Å². The maximum Gasteiger partial charge on any atom is 0.323 e. The summed E-state index contributed by atoms with van der Waals surface area (Å²) in [5, 5.41) is 12.1. The number of ether oxygens (including phenoxy) is 1. The van der Waals surface area contributed by atoms with Crippen molar-refractivity contribution in [2.75, 3.05) is 13.2 Å². The van der Waals surface area contributed by atoms with Crippen LogP contribution in [0.15, 0.2) is 0 Å². The molecule has 0 heterocycles. The topological polar surface area (TPSA) is 58.6 Å². The SMILES string of the molecule is CCNC(C)(CCCOC(C)C)C(=O)O. The van der Waals surface area contributed by atoms with E-state index >= 15 is 0 Å². The van der Waals surface area contributed by atoms with Gasteiger partial charge in [-0.05, 0) is 40.2 Å². The highest BCUT2D eigenvalue weighted by Crippen LogP contribution is 2.12. The van der Waals surface area contributed by atoms with E-state index < -0.39 is 11.5 Å². The lowest BCUT2D eigenvalue weighted by Crippen LogP contribution is -2.49. The van der Waals surface area contributed by atoms with Crippen molar-refractivity contribution in [3.8, 4) is 0 Å². The molecule has 0 spiro atoms. The van der Waals surface area contributed by atoms with Crippen molar-refractivity contribution >= 4 is 5.97 Å². The molecular formula is C11H23NO3. The summed E-state index contributed by atoms with van der Waals surface area (Å²) in [6.07, 6.45) is 1.55. The number of carbonyl (C=O) groups is 1. The largest absolute Gasteiger partial charge is 0.480 e. The molecule has 2 N–H and O–H groups in total.